The van der Waals surface area contributed by atoms with Crippen LogP contribution in [-0.2, 0) is 6.42 Å². The highest BCUT2D eigenvalue weighted by Crippen LogP contribution is 2.11. The quantitative estimate of drug-likeness (QED) is 0.693. The third-order valence-corrected chi connectivity index (χ3v) is 4.05. The molecule has 1 saturated heterocycles. The van der Waals surface area contributed by atoms with Crippen molar-refractivity contribution in [2.24, 2.45) is 10.7 Å². The Morgan fingerprint density at radius 1 is 1.33 bits per heavy atom. The Morgan fingerprint density at radius 2 is 2.14 bits per heavy atom. The van der Waals surface area contributed by atoms with Gasteiger partial charge in [0.1, 0.15) is 5.65 Å². The van der Waals surface area contributed by atoms with Gasteiger partial charge in [-0.3, -0.25) is 4.99 Å². The van der Waals surface area contributed by atoms with Crippen LogP contribution >= 0.6 is 0 Å². The highest BCUT2D eigenvalue weighted by Gasteiger charge is 2.11. The molecule has 0 saturated carbocycles. The van der Waals surface area contributed by atoms with Gasteiger partial charge in [-0.15, -0.1) is 0 Å². The van der Waals surface area contributed by atoms with Crippen molar-refractivity contribution in [1.29, 1.82) is 0 Å². The standard InChI is InChI=1S/C16H23N5/c1-13-6-5-11-21-12-14(19-15(13)21)7-8-18-16(17)20-9-3-2-4-10-20/h5-6,11-12H,2-4,7-10H2,1H3,(H2,17,18). The van der Waals surface area contributed by atoms with Gasteiger partial charge in [0.2, 0.25) is 0 Å². The molecule has 5 heteroatoms. The van der Waals surface area contributed by atoms with Crippen LogP contribution in [0.15, 0.2) is 29.5 Å². The summed E-state index contributed by atoms with van der Waals surface area (Å²) in [5, 5.41) is 0. The molecule has 2 aromatic rings. The first-order valence-corrected chi connectivity index (χ1v) is 7.72. The maximum absolute atomic E-state index is 6.06. The number of fused-ring (bicyclic) bond motifs is 1. The van der Waals surface area contributed by atoms with Crippen molar-refractivity contribution in [2.45, 2.75) is 32.6 Å². The van der Waals surface area contributed by atoms with Crippen LogP contribution in [-0.4, -0.2) is 39.9 Å². The number of likely N-dealkylation sites (tertiary alicyclic amines) is 1. The van der Waals surface area contributed by atoms with Gasteiger partial charge >= 0.3 is 0 Å². The van der Waals surface area contributed by atoms with Crippen molar-refractivity contribution in [1.82, 2.24) is 14.3 Å². The molecule has 1 aliphatic rings. The molecule has 2 N–H and O–H groups in total. The van der Waals surface area contributed by atoms with Gasteiger partial charge in [0.15, 0.2) is 5.96 Å². The number of hydrogen-bond acceptors (Lipinski definition) is 2. The van der Waals surface area contributed by atoms with Crippen LogP contribution in [0.25, 0.3) is 5.65 Å². The van der Waals surface area contributed by atoms with Crippen LogP contribution in [0.3, 0.4) is 0 Å². The third kappa shape index (κ3) is 3.17. The maximum atomic E-state index is 6.06. The molecule has 0 aliphatic carbocycles. The number of aromatic nitrogens is 2. The number of imidazole rings is 1. The first kappa shape index (κ1) is 13.9. The molecule has 21 heavy (non-hydrogen) atoms. The number of hydrogen-bond donors (Lipinski definition) is 1. The second kappa shape index (κ2) is 6.16. The van der Waals surface area contributed by atoms with Crippen LogP contribution in [0.4, 0.5) is 0 Å². The average Bonchev–Trinajstić information content (AvgIpc) is 2.92. The van der Waals surface area contributed by atoms with E-state index in [0.29, 0.717) is 12.5 Å². The van der Waals surface area contributed by atoms with Gasteiger partial charge in [-0.2, -0.15) is 0 Å². The van der Waals surface area contributed by atoms with Crippen molar-refractivity contribution in [3.05, 3.63) is 35.8 Å². The summed E-state index contributed by atoms with van der Waals surface area (Å²) in [5.41, 5.74) is 9.35. The van der Waals surface area contributed by atoms with E-state index in [1.54, 1.807) is 0 Å². The van der Waals surface area contributed by atoms with Crippen LogP contribution < -0.4 is 5.73 Å². The number of aliphatic imine (C=N–C) groups is 1. The lowest BCUT2D eigenvalue weighted by Gasteiger charge is -2.27. The second-order valence-corrected chi connectivity index (χ2v) is 5.69. The third-order valence-electron chi connectivity index (χ3n) is 4.05. The Balaban J connectivity index is 1.62. The molecule has 1 aliphatic heterocycles. The molecule has 0 unspecified atom stereocenters. The molecule has 0 radical (unpaired) electrons. The minimum absolute atomic E-state index is 0.689. The van der Waals surface area contributed by atoms with E-state index in [1.165, 1.54) is 24.8 Å². The molecule has 0 aromatic carbocycles. The van der Waals surface area contributed by atoms with E-state index in [1.807, 2.05) is 12.3 Å². The molecule has 3 heterocycles. The summed E-state index contributed by atoms with van der Waals surface area (Å²) in [4.78, 5) is 11.4. The molecule has 0 bridgehead atoms. The first-order chi connectivity index (χ1) is 10.2. The fourth-order valence-electron chi connectivity index (χ4n) is 2.83. The van der Waals surface area contributed by atoms with E-state index in [4.69, 9.17) is 5.73 Å². The van der Waals surface area contributed by atoms with E-state index in [0.717, 1.165) is 30.9 Å². The smallest absolute Gasteiger partial charge is 0.191 e. The number of nitrogens with two attached hydrogens (primary N) is 1. The topological polar surface area (TPSA) is 58.9 Å². The molecule has 5 nitrogen and oxygen atoms in total. The Morgan fingerprint density at radius 3 is 2.90 bits per heavy atom. The summed E-state index contributed by atoms with van der Waals surface area (Å²) in [7, 11) is 0. The number of piperidine rings is 1. The number of aryl methyl sites for hydroxylation is 1. The molecule has 3 rings (SSSR count). The molecule has 1 fully saturated rings. The Kier molecular flexibility index (Phi) is 4.08. The summed E-state index contributed by atoms with van der Waals surface area (Å²) in [6, 6.07) is 4.12. The predicted molar refractivity (Wildman–Crippen MR) is 85.5 cm³/mol. The number of nitrogens with zero attached hydrogens (tertiary/aromatic N) is 4. The van der Waals surface area contributed by atoms with Crippen LogP contribution in [0.2, 0.25) is 0 Å². The second-order valence-electron chi connectivity index (χ2n) is 5.69. The molecule has 0 atom stereocenters. The van der Waals surface area contributed by atoms with Crippen molar-refractivity contribution < 1.29 is 0 Å². The fraction of sp³-hybridized carbons (Fsp3) is 0.500. The molecule has 2 aromatic heterocycles. The molecular formula is C16H23N5. The fourth-order valence-corrected chi connectivity index (χ4v) is 2.83. The van der Waals surface area contributed by atoms with E-state index in [9.17, 15) is 0 Å². The van der Waals surface area contributed by atoms with Gasteiger partial charge in [-0.25, -0.2) is 4.98 Å². The van der Waals surface area contributed by atoms with E-state index < -0.39 is 0 Å². The molecule has 0 amide bonds. The highest BCUT2D eigenvalue weighted by molar-refractivity contribution is 5.78. The van der Waals surface area contributed by atoms with Crippen LogP contribution in [0.5, 0.6) is 0 Å². The van der Waals surface area contributed by atoms with E-state index >= 15 is 0 Å². The summed E-state index contributed by atoms with van der Waals surface area (Å²) in [6.45, 7) is 4.87. The van der Waals surface area contributed by atoms with Gasteiger partial charge < -0.3 is 15.0 Å². The zero-order valence-electron chi connectivity index (χ0n) is 12.6. The number of pyridine rings is 1. The van der Waals surface area contributed by atoms with Crippen molar-refractivity contribution in [3.8, 4) is 0 Å². The monoisotopic (exact) mass is 285 g/mol. The van der Waals surface area contributed by atoms with Crippen molar-refractivity contribution in [3.63, 3.8) is 0 Å². The lowest BCUT2D eigenvalue weighted by molar-refractivity contribution is 0.338. The zero-order chi connectivity index (χ0) is 14.7. The van der Waals surface area contributed by atoms with Gasteiger partial charge in [0.05, 0.1) is 5.69 Å². The highest BCUT2D eigenvalue weighted by atomic mass is 15.2. The minimum Gasteiger partial charge on any atom is -0.370 e. The zero-order valence-corrected chi connectivity index (χ0v) is 12.6. The first-order valence-electron chi connectivity index (χ1n) is 7.72. The summed E-state index contributed by atoms with van der Waals surface area (Å²) in [5.74, 6) is 0.689. The van der Waals surface area contributed by atoms with Crippen molar-refractivity contribution in [2.75, 3.05) is 19.6 Å². The lowest BCUT2D eigenvalue weighted by Crippen LogP contribution is -2.41. The largest absolute Gasteiger partial charge is 0.370 e. The summed E-state index contributed by atoms with van der Waals surface area (Å²) in [6.07, 6.45) is 8.70. The Bertz CT molecular complexity index is 637. The molecule has 0 spiro atoms. The van der Waals surface area contributed by atoms with Crippen LogP contribution in [0.1, 0.15) is 30.5 Å². The SMILES string of the molecule is Cc1cccn2cc(CCN=C(N)N3CCCCC3)nc12. The average molecular weight is 285 g/mol. The number of guanidine groups is 1. The van der Waals surface area contributed by atoms with Gasteiger partial charge in [-0.1, -0.05) is 6.07 Å². The van der Waals surface area contributed by atoms with Gasteiger partial charge in [0.25, 0.3) is 0 Å². The maximum Gasteiger partial charge on any atom is 0.191 e. The summed E-state index contributed by atoms with van der Waals surface area (Å²) >= 11 is 0. The Labute approximate surface area is 125 Å². The normalized spacial score (nSPS) is 16.6. The number of rotatable bonds is 3. The molecular weight excluding hydrogens is 262 g/mol. The Hall–Kier alpha value is -2.04. The summed E-state index contributed by atoms with van der Waals surface area (Å²) < 4.78 is 2.07. The van der Waals surface area contributed by atoms with Gasteiger partial charge in [-0.05, 0) is 37.8 Å². The van der Waals surface area contributed by atoms with E-state index in [2.05, 4.69) is 38.5 Å². The molecule has 112 valence electrons. The minimum atomic E-state index is 0.689. The van der Waals surface area contributed by atoms with Crippen LogP contribution in [0, 0.1) is 6.92 Å². The predicted octanol–water partition coefficient (Wildman–Crippen LogP) is 1.99. The van der Waals surface area contributed by atoms with Gasteiger partial charge in [0, 0.05) is 38.4 Å². The lowest BCUT2D eigenvalue weighted by atomic mass is 10.1. The van der Waals surface area contributed by atoms with Crippen molar-refractivity contribution >= 4 is 11.6 Å². The van der Waals surface area contributed by atoms with E-state index in [-0.39, 0.29) is 0 Å².